The standard InChI is InChI=1S/C20H17ClF3N3O3/c1-11-15(4-3-5-16(11)30-19(23)24)25-20-26-18(28)17(29-2)10-27(20)9-12-6-7-14(22)13(21)8-12/h3-8,10,19H,9H2,1-2H3,(H,25,26,28). The molecule has 3 aromatic rings. The van der Waals surface area contributed by atoms with Crippen molar-refractivity contribution in [1.29, 1.82) is 0 Å². The topological polar surface area (TPSA) is 65.4 Å². The fourth-order valence-electron chi connectivity index (χ4n) is 2.76. The highest BCUT2D eigenvalue weighted by molar-refractivity contribution is 6.30. The molecule has 0 bridgehead atoms. The zero-order valence-corrected chi connectivity index (χ0v) is 16.7. The Labute approximate surface area is 174 Å². The van der Waals surface area contributed by atoms with E-state index in [1.165, 1.54) is 43.6 Å². The van der Waals surface area contributed by atoms with E-state index >= 15 is 0 Å². The summed E-state index contributed by atoms with van der Waals surface area (Å²) in [5.74, 6) is -0.442. The van der Waals surface area contributed by atoms with Gasteiger partial charge in [-0.25, -0.2) is 4.39 Å². The molecule has 0 amide bonds. The first-order valence-electron chi connectivity index (χ1n) is 8.69. The summed E-state index contributed by atoms with van der Waals surface area (Å²) in [7, 11) is 1.33. The highest BCUT2D eigenvalue weighted by Crippen LogP contribution is 2.29. The number of nitrogens with one attached hydrogen (secondary N) is 1. The van der Waals surface area contributed by atoms with Gasteiger partial charge in [0.2, 0.25) is 11.7 Å². The first-order valence-corrected chi connectivity index (χ1v) is 9.07. The molecule has 1 aromatic heterocycles. The van der Waals surface area contributed by atoms with E-state index in [9.17, 15) is 18.0 Å². The number of nitrogens with zero attached hydrogens (tertiary/aromatic N) is 2. The number of aromatic nitrogens is 2. The highest BCUT2D eigenvalue weighted by atomic mass is 35.5. The van der Waals surface area contributed by atoms with Crippen LogP contribution in [-0.4, -0.2) is 23.3 Å². The molecule has 2 aromatic carbocycles. The number of methoxy groups -OCH3 is 1. The number of hydrogen-bond donors (Lipinski definition) is 1. The largest absolute Gasteiger partial charge is 0.490 e. The molecule has 30 heavy (non-hydrogen) atoms. The van der Waals surface area contributed by atoms with Crippen LogP contribution in [0.2, 0.25) is 5.02 Å². The van der Waals surface area contributed by atoms with E-state index in [-0.39, 0.29) is 29.0 Å². The third-order valence-electron chi connectivity index (χ3n) is 4.27. The van der Waals surface area contributed by atoms with E-state index in [1.54, 1.807) is 17.6 Å². The maximum atomic E-state index is 13.5. The third-order valence-corrected chi connectivity index (χ3v) is 4.56. The smallest absolute Gasteiger partial charge is 0.387 e. The second-order valence-corrected chi connectivity index (χ2v) is 6.65. The lowest BCUT2D eigenvalue weighted by atomic mass is 10.2. The first kappa shape index (κ1) is 21.5. The van der Waals surface area contributed by atoms with Crippen molar-refractivity contribution < 1.29 is 22.6 Å². The highest BCUT2D eigenvalue weighted by Gasteiger charge is 2.14. The van der Waals surface area contributed by atoms with E-state index in [4.69, 9.17) is 16.3 Å². The van der Waals surface area contributed by atoms with Gasteiger partial charge in [-0.05, 0) is 36.8 Å². The zero-order chi connectivity index (χ0) is 21.8. The maximum Gasteiger partial charge on any atom is 0.387 e. The van der Waals surface area contributed by atoms with Crippen molar-refractivity contribution in [2.75, 3.05) is 12.4 Å². The van der Waals surface area contributed by atoms with Gasteiger partial charge < -0.3 is 19.4 Å². The molecule has 0 aliphatic rings. The zero-order valence-electron chi connectivity index (χ0n) is 16.0. The second kappa shape index (κ2) is 9.08. The van der Waals surface area contributed by atoms with E-state index < -0.39 is 18.0 Å². The maximum absolute atomic E-state index is 13.5. The van der Waals surface area contributed by atoms with Crippen LogP contribution in [0.4, 0.5) is 24.8 Å². The molecule has 0 aliphatic heterocycles. The van der Waals surface area contributed by atoms with Crippen LogP contribution in [0.5, 0.6) is 11.5 Å². The Kier molecular flexibility index (Phi) is 6.51. The van der Waals surface area contributed by atoms with E-state index in [1.807, 2.05) is 0 Å². The molecule has 3 rings (SSSR count). The van der Waals surface area contributed by atoms with Gasteiger partial charge in [0.15, 0.2) is 0 Å². The monoisotopic (exact) mass is 439 g/mol. The number of ether oxygens (including phenoxy) is 2. The molecular formula is C20H17ClF3N3O3. The van der Waals surface area contributed by atoms with Crippen LogP contribution in [0, 0.1) is 12.7 Å². The molecule has 0 atom stereocenters. The number of benzene rings is 2. The van der Waals surface area contributed by atoms with Gasteiger partial charge in [-0.15, -0.1) is 0 Å². The van der Waals surface area contributed by atoms with Gasteiger partial charge in [0, 0.05) is 11.3 Å². The molecule has 0 fully saturated rings. The molecule has 0 unspecified atom stereocenters. The Morgan fingerprint density at radius 3 is 2.67 bits per heavy atom. The molecule has 1 heterocycles. The van der Waals surface area contributed by atoms with Crippen molar-refractivity contribution in [3.05, 3.63) is 74.9 Å². The molecule has 1 N–H and O–H groups in total. The molecule has 158 valence electrons. The predicted octanol–water partition coefficient (Wildman–Crippen LogP) is 4.75. The van der Waals surface area contributed by atoms with Crippen molar-refractivity contribution in [2.45, 2.75) is 20.1 Å². The molecule has 0 spiro atoms. The van der Waals surface area contributed by atoms with Crippen molar-refractivity contribution in [3.63, 3.8) is 0 Å². The first-order chi connectivity index (χ1) is 14.3. The Morgan fingerprint density at radius 1 is 1.23 bits per heavy atom. The normalized spacial score (nSPS) is 10.9. The Hall–Kier alpha value is -3.20. The summed E-state index contributed by atoms with van der Waals surface area (Å²) in [6.45, 7) is -1.20. The van der Waals surface area contributed by atoms with Gasteiger partial charge >= 0.3 is 12.2 Å². The minimum absolute atomic E-state index is 0.000245. The second-order valence-electron chi connectivity index (χ2n) is 6.25. The Morgan fingerprint density at radius 2 is 2.00 bits per heavy atom. The number of anilines is 2. The summed E-state index contributed by atoms with van der Waals surface area (Å²) in [4.78, 5) is 16.2. The number of hydrogen-bond acceptors (Lipinski definition) is 5. The fourth-order valence-corrected chi connectivity index (χ4v) is 2.97. The third kappa shape index (κ3) is 4.85. The van der Waals surface area contributed by atoms with Crippen molar-refractivity contribution in [3.8, 4) is 11.5 Å². The minimum Gasteiger partial charge on any atom is -0.490 e. The van der Waals surface area contributed by atoms with E-state index in [0.29, 0.717) is 16.8 Å². The number of alkyl halides is 2. The SMILES string of the molecule is COc1cn(Cc2ccc(F)c(Cl)c2)c(Nc2cccc(OC(F)F)c2C)nc1=O. The van der Waals surface area contributed by atoms with E-state index in [0.717, 1.165) is 0 Å². The Balaban J connectivity index is 2.01. The summed E-state index contributed by atoms with van der Waals surface area (Å²) >= 11 is 5.85. The van der Waals surface area contributed by atoms with Crippen molar-refractivity contribution >= 4 is 23.2 Å². The minimum atomic E-state index is -2.97. The average Bonchev–Trinajstić information content (AvgIpc) is 2.69. The number of rotatable bonds is 7. The lowest BCUT2D eigenvalue weighted by Crippen LogP contribution is -2.19. The van der Waals surface area contributed by atoms with Crippen LogP contribution in [-0.2, 0) is 6.54 Å². The Bertz CT molecular complexity index is 1120. The molecule has 0 saturated heterocycles. The van der Waals surface area contributed by atoms with Gasteiger partial charge in [0.25, 0.3) is 0 Å². The van der Waals surface area contributed by atoms with Gasteiger partial charge in [-0.1, -0.05) is 23.7 Å². The average molecular weight is 440 g/mol. The van der Waals surface area contributed by atoms with Crippen LogP contribution in [0.15, 0.2) is 47.4 Å². The van der Waals surface area contributed by atoms with Crippen molar-refractivity contribution in [2.24, 2.45) is 0 Å². The van der Waals surface area contributed by atoms with Crippen LogP contribution in [0.25, 0.3) is 0 Å². The van der Waals surface area contributed by atoms with Crippen LogP contribution in [0.1, 0.15) is 11.1 Å². The summed E-state index contributed by atoms with van der Waals surface area (Å²) in [5.41, 5.74) is 0.838. The van der Waals surface area contributed by atoms with Crippen molar-refractivity contribution in [1.82, 2.24) is 9.55 Å². The quantitative estimate of drug-likeness (QED) is 0.575. The van der Waals surface area contributed by atoms with Crippen LogP contribution < -0.4 is 20.3 Å². The molecule has 10 heteroatoms. The van der Waals surface area contributed by atoms with Gasteiger partial charge in [-0.2, -0.15) is 13.8 Å². The summed E-state index contributed by atoms with van der Waals surface area (Å²) in [6, 6.07) is 8.78. The summed E-state index contributed by atoms with van der Waals surface area (Å²) in [5, 5.41) is 2.91. The summed E-state index contributed by atoms with van der Waals surface area (Å²) in [6.07, 6.45) is 1.43. The predicted molar refractivity (Wildman–Crippen MR) is 107 cm³/mol. The fraction of sp³-hybridized carbons (Fsp3) is 0.200. The van der Waals surface area contributed by atoms with Gasteiger partial charge in [0.1, 0.15) is 11.6 Å². The molecular weight excluding hydrogens is 423 g/mol. The molecule has 0 saturated carbocycles. The van der Waals surface area contributed by atoms with Crippen LogP contribution >= 0.6 is 11.6 Å². The van der Waals surface area contributed by atoms with Crippen LogP contribution in [0.3, 0.4) is 0 Å². The summed E-state index contributed by atoms with van der Waals surface area (Å²) < 4.78 is 49.8. The molecule has 6 nitrogen and oxygen atoms in total. The molecule has 0 aliphatic carbocycles. The molecule has 0 radical (unpaired) electrons. The van der Waals surface area contributed by atoms with Gasteiger partial charge in [-0.3, -0.25) is 4.79 Å². The number of halogens is 4. The van der Waals surface area contributed by atoms with Gasteiger partial charge in [0.05, 0.1) is 24.9 Å². The van der Waals surface area contributed by atoms with E-state index in [2.05, 4.69) is 15.0 Å². The lowest BCUT2D eigenvalue weighted by Gasteiger charge is -2.17. The lowest BCUT2D eigenvalue weighted by molar-refractivity contribution is -0.0502.